The van der Waals surface area contributed by atoms with Crippen molar-refractivity contribution >= 4 is 12.3 Å². The zero-order valence-corrected chi connectivity index (χ0v) is 8.63. The van der Waals surface area contributed by atoms with Gasteiger partial charge in [0.2, 0.25) is 0 Å². The maximum absolute atomic E-state index is 10.9. The SMILES string of the molecule is CCCC(C=O)(CCC)OC(C)=O. The third-order valence-corrected chi connectivity index (χ3v) is 1.91. The Morgan fingerprint density at radius 3 is 2.00 bits per heavy atom. The number of aldehydes is 1. The Hall–Kier alpha value is -0.860. The van der Waals surface area contributed by atoms with Crippen molar-refractivity contribution in [3.05, 3.63) is 0 Å². The van der Waals surface area contributed by atoms with E-state index in [2.05, 4.69) is 0 Å². The Bertz CT molecular complexity index is 169. The van der Waals surface area contributed by atoms with Gasteiger partial charge in [-0.15, -0.1) is 0 Å². The summed E-state index contributed by atoms with van der Waals surface area (Å²) in [4.78, 5) is 21.7. The van der Waals surface area contributed by atoms with E-state index >= 15 is 0 Å². The molecular formula is C10H18O3. The second-order valence-electron chi connectivity index (χ2n) is 3.28. The molecule has 3 heteroatoms. The van der Waals surface area contributed by atoms with Gasteiger partial charge in [0.05, 0.1) is 0 Å². The summed E-state index contributed by atoms with van der Waals surface area (Å²) in [5.41, 5.74) is -0.866. The minimum atomic E-state index is -0.866. The summed E-state index contributed by atoms with van der Waals surface area (Å²) in [5.74, 6) is -0.381. The van der Waals surface area contributed by atoms with Gasteiger partial charge in [-0.1, -0.05) is 26.7 Å². The Balaban J connectivity index is 4.42. The van der Waals surface area contributed by atoms with Crippen LogP contribution in [0.4, 0.5) is 0 Å². The highest BCUT2D eigenvalue weighted by Gasteiger charge is 2.30. The van der Waals surface area contributed by atoms with Gasteiger partial charge in [-0.2, -0.15) is 0 Å². The minimum absolute atomic E-state index is 0.381. The van der Waals surface area contributed by atoms with Gasteiger partial charge in [-0.25, -0.2) is 0 Å². The van der Waals surface area contributed by atoms with Crippen LogP contribution >= 0.6 is 0 Å². The van der Waals surface area contributed by atoms with Gasteiger partial charge in [-0.3, -0.25) is 9.59 Å². The summed E-state index contributed by atoms with van der Waals surface area (Å²) in [5, 5.41) is 0. The van der Waals surface area contributed by atoms with Gasteiger partial charge in [0.1, 0.15) is 0 Å². The average molecular weight is 186 g/mol. The van der Waals surface area contributed by atoms with E-state index in [0.29, 0.717) is 12.8 Å². The van der Waals surface area contributed by atoms with Crippen molar-refractivity contribution in [3.8, 4) is 0 Å². The second-order valence-corrected chi connectivity index (χ2v) is 3.28. The van der Waals surface area contributed by atoms with Crippen LogP contribution in [0.3, 0.4) is 0 Å². The van der Waals surface area contributed by atoms with Crippen molar-refractivity contribution in [1.82, 2.24) is 0 Å². The molecule has 0 rings (SSSR count). The highest BCUT2D eigenvalue weighted by molar-refractivity contribution is 5.72. The molecule has 0 saturated heterocycles. The Labute approximate surface area is 79.5 Å². The molecule has 0 aromatic carbocycles. The van der Waals surface area contributed by atoms with Gasteiger partial charge in [0.15, 0.2) is 11.9 Å². The van der Waals surface area contributed by atoms with Crippen LogP contribution in [0, 0.1) is 0 Å². The predicted molar refractivity (Wildman–Crippen MR) is 50.4 cm³/mol. The molecule has 0 radical (unpaired) electrons. The van der Waals surface area contributed by atoms with Crippen LogP contribution in [0.1, 0.15) is 46.5 Å². The molecule has 0 heterocycles. The first-order valence-corrected chi connectivity index (χ1v) is 4.76. The van der Waals surface area contributed by atoms with Crippen molar-refractivity contribution in [2.24, 2.45) is 0 Å². The lowest BCUT2D eigenvalue weighted by Crippen LogP contribution is -2.36. The number of esters is 1. The fourth-order valence-corrected chi connectivity index (χ4v) is 1.50. The standard InChI is InChI=1S/C10H18O3/c1-4-6-10(8-11,7-5-2)13-9(3)12/h8H,4-7H2,1-3H3. The maximum Gasteiger partial charge on any atom is 0.303 e. The van der Waals surface area contributed by atoms with Crippen LogP contribution < -0.4 is 0 Å². The topological polar surface area (TPSA) is 43.4 Å². The molecule has 0 amide bonds. The zero-order valence-electron chi connectivity index (χ0n) is 8.63. The first-order chi connectivity index (χ1) is 6.10. The fourth-order valence-electron chi connectivity index (χ4n) is 1.50. The average Bonchev–Trinajstić information content (AvgIpc) is 2.04. The molecule has 0 unspecified atom stereocenters. The number of ether oxygens (including phenoxy) is 1. The summed E-state index contributed by atoms with van der Waals surface area (Å²) < 4.78 is 5.06. The van der Waals surface area contributed by atoms with Crippen molar-refractivity contribution in [2.45, 2.75) is 52.1 Å². The monoisotopic (exact) mass is 186 g/mol. The molecule has 0 aromatic rings. The fraction of sp³-hybridized carbons (Fsp3) is 0.800. The predicted octanol–water partition coefficient (Wildman–Crippen LogP) is 2.09. The second kappa shape index (κ2) is 5.73. The van der Waals surface area contributed by atoms with Crippen molar-refractivity contribution in [3.63, 3.8) is 0 Å². The molecule has 0 fully saturated rings. The molecular weight excluding hydrogens is 168 g/mol. The highest BCUT2D eigenvalue weighted by atomic mass is 16.6. The minimum Gasteiger partial charge on any atom is -0.452 e. The largest absolute Gasteiger partial charge is 0.452 e. The van der Waals surface area contributed by atoms with E-state index < -0.39 is 5.60 Å². The van der Waals surface area contributed by atoms with Crippen LogP contribution in [0.5, 0.6) is 0 Å². The Kier molecular flexibility index (Phi) is 5.35. The normalized spacial score (nSPS) is 11.0. The van der Waals surface area contributed by atoms with Crippen LogP contribution in [0.25, 0.3) is 0 Å². The van der Waals surface area contributed by atoms with Crippen molar-refractivity contribution < 1.29 is 14.3 Å². The first-order valence-electron chi connectivity index (χ1n) is 4.76. The Morgan fingerprint density at radius 2 is 1.77 bits per heavy atom. The summed E-state index contributed by atoms with van der Waals surface area (Å²) in [6.07, 6.45) is 3.67. The van der Waals surface area contributed by atoms with Gasteiger partial charge >= 0.3 is 5.97 Å². The van der Waals surface area contributed by atoms with Gasteiger partial charge < -0.3 is 4.74 Å². The molecule has 0 aromatic heterocycles. The molecule has 3 nitrogen and oxygen atoms in total. The van der Waals surface area contributed by atoms with E-state index in [1.54, 1.807) is 0 Å². The number of carbonyl (C=O) groups is 2. The lowest BCUT2D eigenvalue weighted by atomic mass is 9.94. The molecule has 0 aliphatic rings. The lowest BCUT2D eigenvalue weighted by molar-refractivity contribution is -0.162. The van der Waals surface area contributed by atoms with E-state index in [9.17, 15) is 9.59 Å². The zero-order chi connectivity index (χ0) is 10.3. The number of hydrogen-bond acceptors (Lipinski definition) is 3. The molecule has 13 heavy (non-hydrogen) atoms. The molecule has 0 aliphatic carbocycles. The van der Waals surface area contributed by atoms with Crippen molar-refractivity contribution in [2.75, 3.05) is 0 Å². The third-order valence-electron chi connectivity index (χ3n) is 1.91. The van der Waals surface area contributed by atoms with Crippen LogP contribution in [0.2, 0.25) is 0 Å². The maximum atomic E-state index is 10.9. The summed E-state index contributed by atoms with van der Waals surface area (Å²) in [6.45, 7) is 5.28. The summed E-state index contributed by atoms with van der Waals surface area (Å²) in [6, 6.07) is 0. The molecule has 0 N–H and O–H groups in total. The third kappa shape index (κ3) is 4.06. The molecule has 76 valence electrons. The van der Waals surface area contributed by atoms with E-state index in [4.69, 9.17) is 4.74 Å². The number of rotatable bonds is 6. The lowest BCUT2D eigenvalue weighted by Gasteiger charge is -2.26. The quantitative estimate of drug-likeness (QED) is 0.471. The summed E-state index contributed by atoms with van der Waals surface area (Å²) in [7, 11) is 0. The van der Waals surface area contributed by atoms with Crippen LogP contribution in [0.15, 0.2) is 0 Å². The molecule has 0 saturated carbocycles. The smallest absolute Gasteiger partial charge is 0.303 e. The molecule has 0 aliphatic heterocycles. The summed E-state index contributed by atoms with van der Waals surface area (Å²) >= 11 is 0. The van der Waals surface area contributed by atoms with E-state index in [-0.39, 0.29) is 5.97 Å². The highest BCUT2D eigenvalue weighted by Crippen LogP contribution is 2.22. The Morgan fingerprint density at radius 1 is 1.31 bits per heavy atom. The first kappa shape index (κ1) is 12.1. The molecule has 0 atom stereocenters. The van der Waals surface area contributed by atoms with Crippen LogP contribution in [-0.2, 0) is 14.3 Å². The molecule has 0 bridgehead atoms. The van der Waals surface area contributed by atoms with E-state index in [0.717, 1.165) is 19.1 Å². The van der Waals surface area contributed by atoms with Gasteiger partial charge in [0, 0.05) is 6.92 Å². The molecule has 0 spiro atoms. The van der Waals surface area contributed by atoms with Gasteiger partial charge in [-0.05, 0) is 12.8 Å². The number of hydrogen-bond donors (Lipinski definition) is 0. The number of carbonyl (C=O) groups excluding carboxylic acids is 2. The van der Waals surface area contributed by atoms with Crippen molar-refractivity contribution in [1.29, 1.82) is 0 Å². The van der Waals surface area contributed by atoms with E-state index in [1.807, 2.05) is 13.8 Å². The van der Waals surface area contributed by atoms with Gasteiger partial charge in [0.25, 0.3) is 0 Å². The van der Waals surface area contributed by atoms with Crippen LogP contribution in [-0.4, -0.2) is 17.9 Å². The van der Waals surface area contributed by atoms with E-state index in [1.165, 1.54) is 6.92 Å².